The fourth-order valence-corrected chi connectivity index (χ4v) is 3.33. The van der Waals surface area contributed by atoms with Crippen molar-refractivity contribution in [1.29, 1.82) is 0 Å². The maximum atomic E-state index is 12.0. The van der Waals surface area contributed by atoms with E-state index in [4.69, 9.17) is 0 Å². The summed E-state index contributed by atoms with van der Waals surface area (Å²) < 4.78 is 0. The molecule has 1 aromatic rings. The van der Waals surface area contributed by atoms with Crippen molar-refractivity contribution in [3.8, 4) is 0 Å². The van der Waals surface area contributed by atoms with Crippen LogP contribution in [0.4, 0.5) is 5.82 Å². The lowest BCUT2D eigenvalue weighted by atomic mass is 10.0. The molecule has 132 valence electrons. The highest BCUT2D eigenvalue weighted by Gasteiger charge is 2.16. The van der Waals surface area contributed by atoms with Crippen molar-refractivity contribution in [2.45, 2.75) is 25.8 Å². The van der Waals surface area contributed by atoms with Gasteiger partial charge in [-0.15, -0.1) is 0 Å². The number of hydrogen-bond acceptors (Lipinski definition) is 5. The number of rotatable bonds is 6. The van der Waals surface area contributed by atoms with Crippen LogP contribution in [0.3, 0.4) is 0 Å². The van der Waals surface area contributed by atoms with Crippen LogP contribution in [0.25, 0.3) is 0 Å². The maximum Gasteiger partial charge on any atom is 0.220 e. The van der Waals surface area contributed by atoms with Crippen molar-refractivity contribution in [2.75, 3.05) is 51.2 Å². The third-order valence-corrected chi connectivity index (χ3v) is 5.07. The molecule has 3 rings (SSSR count). The van der Waals surface area contributed by atoms with Gasteiger partial charge in [0.2, 0.25) is 5.91 Å². The second-order valence-corrected chi connectivity index (χ2v) is 6.99. The van der Waals surface area contributed by atoms with Crippen LogP contribution < -0.4 is 15.5 Å². The average Bonchev–Trinajstić information content (AvgIpc) is 3.13. The van der Waals surface area contributed by atoms with Crippen LogP contribution in [-0.4, -0.2) is 62.1 Å². The van der Waals surface area contributed by atoms with Crippen LogP contribution in [-0.2, 0) is 11.3 Å². The number of nitrogens with one attached hydrogen (secondary N) is 2. The van der Waals surface area contributed by atoms with Gasteiger partial charge in [-0.1, -0.05) is 6.07 Å². The summed E-state index contributed by atoms with van der Waals surface area (Å²) >= 11 is 0. The molecule has 1 unspecified atom stereocenters. The molecule has 1 amide bonds. The van der Waals surface area contributed by atoms with Crippen molar-refractivity contribution in [3.63, 3.8) is 0 Å². The van der Waals surface area contributed by atoms with Crippen LogP contribution in [0, 0.1) is 5.92 Å². The lowest BCUT2D eigenvalue weighted by Crippen LogP contribution is -2.44. The zero-order valence-electron chi connectivity index (χ0n) is 14.6. The van der Waals surface area contributed by atoms with Gasteiger partial charge in [0.25, 0.3) is 0 Å². The molecule has 0 radical (unpaired) electrons. The first-order chi connectivity index (χ1) is 11.7. The summed E-state index contributed by atoms with van der Waals surface area (Å²) in [5.41, 5.74) is 1.06. The number of pyridine rings is 1. The van der Waals surface area contributed by atoms with Gasteiger partial charge in [0.1, 0.15) is 5.82 Å². The third kappa shape index (κ3) is 4.92. The Morgan fingerprint density at radius 3 is 2.83 bits per heavy atom. The lowest BCUT2D eigenvalue weighted by Gasteiger charge is -2.33. The highest BCUT2D eigenvalue weighted by Crippen LogP contribution is 2.15. The second kappa shape index (κ2) is 8.44. The molecule has 2 saturated heterocycles. The fourth-order valence-electron chi connectivity index (χ4n) is 3.33. The Balaban J connectivity index is 1.40. The number of anilines is 1. The van der Waals surface area contributed by atoms with Crippen molar-refractivity contribution in [2.24, 2.45) is 5.92 Å². The molecular formula is C18H29N5O. The van der Waals surface area contributed by atoms with E-state index in [0.29, 0.717) is 18.9 Å². The molecule has 2 N–H and O–H groups in total. The summed E-state index contributed by atoms with van der Waals surface area (Å²) in [4.78, 5) is 21.2. The minimum atomic E-state index is 0.144. The molecule has 1 atom stereocenters. The van der Waals surface area contributed by atoms with E-state index in [1.165, 1.54) is 6.42 Å². The van der Waals surface area contributed by atoms with Gasteiger partial charge in [-0.25, -0.2) is 4.98 Å². The number of carbonyl (C=O) groups excluding carboxylic acids is 1. The zero-order chi connectivity index (χ0) is 16.8. The predicted molar refractivity (Wildman–Crippen MR) is 96.0 cm³/mol. The Kier molecular flexibility index (Phi) is 6.04. The molecule has 0 aliphatic carbocycles. The van der Waals surface area contributed by atoms with Crippen LogP contribution in [0.5, 0.6) is 0 Å². The lowest BCUT2D eigenvalue weighted by molar-refractivity contribution is -0.121. The SMILES string of the molecule is CN1CCN(c2ccc(CNC(=O)CCC3CCNC3)cn2)CC1. The standard InChI is InChI=1S/C18H29N5O/c1-22-8-10-23(11-9-22)17-4-2-16(13-20-17)14-21-18(24)5-3-15-6-7-19-12-15/h2,4,13,15,19H,3,5-12,14H2,1H3,(H,21,24). The topological polar surface area (TPSA) is 60.5 Å². The molecule has 0 spiro atoms. The summed E-state index contributed by atoms with van der Waals surface area (Å²) in [7, 11) is 2.15. The Hall–Kier alpha value is -1.66. The van der Waals surface area contributed by atoms with Gasteiger partial charge in [-0.05, 0) is 50.5 Å². The zero-order valence-corrected chi connectivity index (χ0v) is 14.6. The van der Waals surface area contributed by atoms with Crippen LogP contribution in [0.2, 0.25) is 0 Å². The molecule has 1 aromatic heterocycles. The molecule has 2 fully saturated rings. The highest BCUT2D eigenvalue weighted by molar-refractivity contribution is 5.75. The Morgan fingerprint density at radius 1 is 1.33 bits per heavy atom. The molecule has 2 aliphatic heterocycles. The van der Waals surface area contributed by atoms with Crippen LogP contribution in [0.15, 0.2) is 18.3 Å². The van der Waals surface area contributed by atoms with Crippen molar-refractivity contribution in [1.82, 2.24) is 20.5 Å². The first kappa shape index (κ1) is 17.2. The minimum absolute atomic E-state index is 0.144. The molecule has 6 heteroatoms. The van der Waals surface area contributed by atoms with Crippen molar-refractivity contribution in [3.05, 3.63) is 23.9 Å². The largest absolute Gasteiger partial charge is 0.354 e. The molecular weight excluding hydrogens is 302 g/mol. The number of likely N-dealkylation sites (N-methyl/N-ethyl adjacent to an activating group) is 1. The molecule has 0 saturated carbocycles. The Labute approximate surface area is 144 Å². The van der Waals surface area contributed by atoms with Gasteiger partial charge < -0.3 is 20.4 Å². The van der Waals surface area contributed by atoms with Crippen LogP contribution >= 0.6 is 0 Å². The predicted octanol–water partition coefficient (Wildman–Crippen LogP) is 0.839. The fraction of sp³-hybridized carbons (Fsp3) is 0.667. The number of carbonyl (C=O) groups is 1. The number of piperazine rings is 1. The Bertz CT molecular complexity index is 519. The molecule has 24 heavy (non-hydrogen) atoms. The second-order valence-electron chi connectivity index (χ2n) is 6.99. The number of nitrogens with zero attached hydrogens (tertiary/aromatic N) is 3. The van der Waals surface area contributed by atoms with E-state index in [9.17, 15) is 4.79 Å². The monoisotopic (exact) mass is 331 g/mol. The smallest absolute Gasteiger partial charge is 0.220 e. The quantitative estimate of drug-likeness (QED) is 0.809. The molecule has 0 bridgehead atoms. The number of amides is 1. The van der Waals surface area contributed by atoms with Crippen molar-refractivity contribution >= 4 is 11.7 Å². The third-order valence-electron chi connectivity index (χ3n) is 5.07. The first-order valence-corrected chi connectivity index (χ1v) is 9.06. The molecule has 6 nitrogen and oxygen atoms in total. The van der Waals surface area contributed by atoms with Crippen LogP contribution in [0.1, 0.15) is 24.8 Å². The summed E-state index contributed by atoms with van der Waals surface area (Å²) in [5.74, 6) is 1.84. The number of aromatic nitrogens is 1. The normalized spacial score (nSPS) is 21.9. The van der Waals surface area contributed by atoms with Gasteiger partial charge in [0.15, 0.2) is 0 Å². The summed E-state index contributed by atoms with van der Waals surface area (Å²) in [5, 5.41) is 6.35. The summed E-state index contributed by atoms with van der Waals surface area (Å²) in [6, 6.07) is 4.14. The Morgan fingerprint density at radius 2 is 2.17 bits per heavy atom. The average molecular weight is 331 g/mol. The van der Waals surface area contributed by atoms with Gasteiger partial charge in [0, 0.05) is 45.3 Å². The van der Waals surface area contributed by atoms with E-state index in [1.807, 2.05) is 6.20 Å². The van der Waals surface area contributed by atoms with E-state index in [-0.39, 0.29) is 5.91 Å². The molecule has 3 heterocycles. The number of hydrogen-bond donors (Lipinski definition) is 2. The van der Waals surface area contributed by atoms with Gasteiger partial charge in [-0.3, -0.25) is 4.79 Å². The van der Waals surface area contributed by atoms with E-state index < -0.39 is 0 Å². The minimum Gasteiger partial charge on any atom is -0.354 e. The van der Waals surface area contributed by atoms with Gasteiger partial charge in [0.05, 0.1) is 0 Å². The first-order valence-electron chi connectivity index (χ1n) is 9.06. The molecule has 2 aliphatic rings. The van der Waals surface area contributed by atoms with Crippen molar-refractivity contribution < 1.29 is 4.79 Å². The maximum absolute atomic E-state index is 12.0. The highest BCUT2D eigenvalue weighted by atomic mass is 16.1. The summed E-state index contributed by atoms with van der Waals surface area (Å²) in [6.45, 7) is 6.93. The van der Waals surface area contributed by atoms with E-state index in [1.54, 1.807) is 0 Å². The van der Waals surface area contributed by atoms with Gasteiger partial charge in [-0.2, -0.15) is 0 Å². The van der Waals surface area contributed by atoms with E-state index in [0.717, 1.165) is 57.1 Å². The van der Waals surface area contributed by atoms with Gasteiger partial charge >= 0.3 is 0 Å². The molecule has 0 aromatic carbocycles. The summed E-state index contributed by atoms with van der Waals surface area (Å²) in [6.07, 6.45) is 4.69. The van der Waals surface area contributed by atoms with E-state index >= 15 is 0 Å². The van der Waals surface area contributed by atoms with E-state index in [2.05, 4.69) is 44.6 Å².